The lowest BCUT2D eigenvalue weighted by Crippen LogP contribution is -2.34. The Kier molecular flexibility index (Phi) is 4.75. The average molecular weight is 175 g/mol. The fraction of sp³-hybridized carbons (Fsp3) is 0.833. The first-order valence-electron chi connectivity index (χ1n) is 3.55. The third-order valence-electron chi connectivity index (χ3n) is 0.934. The summed E-state index contributed by atoms with van der Waals surface area (Å²) < 4.78 is 4.72. The van der Waals surface area contributed by atoms with Crippen molar-refractivity contribution in [2.45, 2.75) is 20.0 Å². The second-order valence-corrected chi connectivity index (χ2v) is 2.53. The molecule has 0 bridgehead atoms. The SMILES string of the molecule is CC(C)OC(=O)NCN(C)N=O. The highest BCUT2D eigenvalue weighted by molar-refractivity contribution is 5.67. The number of amides is 1. The van der Waals surface area contributed by atoms with E-state index in [9.17, 15) is 9.70 Å². The minimum absolute atomic E-state index is 0.0506. The van der Waals surface area contributed by atoms with Crippen LogP contribution in [0.3, 0.4) is 0 Å². The smallest absolute Gasteiger partial charge is 0.408 e. The molecule has 0 rings (SSSR count). The van der Waals surface area contributed by atoms with E-state index in [2.05, 4.69) is 10.6 Å². The molecule has 6 nitrogen and oxygen atoms in total. The van der Waals surface area contributed by atoms with Crippen LogP contribution in [0.1, 0.15) is 13.8 Å². The fourth-order valence-corrected chi connectivity index (χ4v) is 0.464. The molecular formula is C6H13N3O3. The molecule has 12 heavy (non-hydrogen) atoms. The first kappa shape index (κ1) is 10.7. The Morgan fingerprint density at radius 2 is 2.25 bits per heavy atom. The van der Waals surface area contributed by atoms with Crippen molar-refractivity contribution in [2.75, 3.05) is 13.7 Å². The topological polar surface area (TPSA) is 71.0 Å². The van der Waals surface area contributed by atoms with E-state index in [0.717, 1.165) is 5.01 Å². The van der Waals surface area contributed by atoms with Crippen molar-refractivity contribution in [3.8, 4) is 0 Å². The molecule has 70 valence electrons. The van der Waals surface area contributed by atoms with Crippen LogP contribution >= 0.6 is 0 Å². The Balaban J connectivity index is 3.50. The van der Waals surface area contributed by atoms with Crippen LogP contribution < -0.4 is 5.32 Å². The van der Waals surface area contributed by atoms with Gasteiger partial charge in [-0.05, 0) is 13.8 Å². The molecule has 0 aromatic heterocycles. The molecule has 0 aliphatic carbocycles. The molecule has 0 unspecified atom stereocenters. The molecule has 0 aromatic carbocycles. The summed E-state index contributed by atoms with van der Waals surface area (Å²) in [6.07, 6.45) is -0.722. The Morgan fingerprint density at radius 3 is 2.67 bits per heavy atom. The molecule has 0 aliphatic rings. The Hall–Kier alpha value is -1.33. The van der Waals surface area contributed by atoms with E-state index in [1.807, 2.05) is 0 Å². The van der Waals surface area contributed by atoms with E-state index in [1.54, 1.807) is 13.8 Å². The highest BCUT2D eigenvalue weighted by Gasteiger charge is 2.04. The van der Waals surface area contributed by atoms with Gasteiger partial charge in [0.15, 0.2) is 0 Å². The quantitative estimate of drug-likeness (QED) is 0.387. The number of carbonyl (C=O) groups excluding carboxylic acids is 1. The van der Waals surface area contributed by atoms with Gasteiger partial charge in [0.05, 0.1) is 11.4 Å². The molecule has 0 saturated heterocycles. The van der Waals surface area contributed by atoms with Crippen LogP contribution in [-0.4, -0.2) is 30.9 Å². The monoisotopic (exact) mass is 175 g/mol. The van der Waals surface area contributed by atoms with Crippen molar-refractivity contribution in [3.63, 3.8) is 0 Å². The average Bonchev–Trinajstić information content (AvgIpc) is 1.99. The molecule has 0 aliphatic heterocycles. The van der Waals surface area contributed by atoms with Crippen molar-refractivity contribution >= 4 is 6.09 Å². The number of hydrogen-bond donors (Lipinski definition) is 1. The van der Waals surface area contributed by atoms with E-state index in [0.29, 0.717) is 0 Å². The Labute approximate surface area is 70.8 Å². The second kappa shape index (κ2) is 5.34. The largest absolute Gasteiger partial charge is 0.447 e. The summed E-state index contributed by atoms with van der Waals surface area (Å²) >= 11 is 0. The van der Waals surface area contributed by atoms with Crippen molar-refractivity contribution in [2.24, 2.45) is 5.29 Å². The number of nitrogens with one attached hydrogen (secondary N) is 1. The van der Waals surface area contributed by atoms with Gasteiger partial charge in [0.25, 0.3) is 0 Å². The van der Waals surface area contributed by atoms with Crippen LogP contribution in [0, 0.1) is 4.91 Å². The highest BCUT2D eigenvalue weighted by Crippen LogP contribution is 1.88. The van der Waals surface area contributed by atoms with Crippen LogP contribution in [0.2, 0.25) is 0 Å². The molecule has 0 radical (unpaired) electrons. The number of nitrogens with zero attached hydrogens (tertiary/aromatic N) is 2. The van der Waals surface area contributed by atoms with Gasteiger partial charge in [-0.25, -0.2) is 9.80 Å². The molecule has 0 fully saturated rings. The van der Waals surface area contributed by atoms with Crippen LogP contribution in [-0.2, 0) is 4.74 Å². The molecule has 0 atom stereocenters. The van der Waals surface area contributed by atoms with Gasteiger partial charge in [-0.1, -0.05) is 0 Å². The molecule has 0 spiro atoms. The molecule has 0 heterocycles. The van der Waals surface area contributed by atoms with Gasteiger partial charge in [-0.15, -0.1) is 4.91 Å². The van der Waals surface area contributed by atoms with Crippen molar-refractivity contribution in [3.05, 3.63) is 4.91 Å². The maximum Gasteiger partial charge on any atom is 0.408 e. The summed E-state index contributed by atoms with van der Waals surface area (Å²) in [5.74, 6) is 0. The third-order valence-corrected chi connectivity index (χ3v) is 0.934. The predicted molar refractivity (Wildman–Crippen MR) is 43.2 cm³/mol. The summed E-state index contributed by atoms with van der Waals surface area (Å²) in [6.45, 7) is 3.53. The first-order valence-corrected chi connectivity index (χ1v) is 3.55. The predicted octanol–water partition coefficient (Wildman–Crippen LogP) is 0.692. The number of hydrogen-bond acceptors (Lipinski definition) is 4. The second-order valence-electron chi connectivity index (χ2n) is 2.53. The molecule has 0 aromatic rings. The van der Waals surface area contributed by atoms with Gasteiger partial charge < -0.3 is 10.1 Å². The zero-order valence-electron chi connectivity index (χ0n) is 7.40. The first-order chi connectivity index (χ1) is 5.56. The van der Waals surface area contributed by atoms with Crippen LogP contribution in [0.5, 0.6) is 0 Å². The van der Waals surface area contributed by atoms with Crippen LogP contribution in [0.4, 0.5) is 4.79 Å². The van der Waals surface area contributed by atoms with Crippen molar-refractivity contribution in [1.82, 2.24) is 10.3 Å². The van der Waals surface area contributed by atoms with E-state index in [4.69, 9.17) is 4.74 Å². The van der Waals surface area contributed by atoms with Gasteiger partial charge in [-0.2, -0.15) is 0 Å². The summed E-state index contributed by atoms with van der Waals surface area (Å²) in [7, 11) is 1.45. The lowest BCUT2D eigenvalue weighted by molar-refractivity contribution is 0.110. The molecule has 1 N–H and O–H groups in total. The number of alkyl carbamates (subject to hydrolysis) is 1. The lowest BCUT2D eigenvalue weighted by atomic mass is 10.5. The van der Waals surface area contributed by atoms with Gasteiger partial charge in [0, 0.05) is 7.05 Å². The number of nitroso groups, excluding NO2 is 1. The molecule has 6 heteroatoms. The maximum atomic E-state index is 10.8. The minimum Gasteiger partial charge on any atom is -0.447 e. The van der Waals surface area contributed by atoms with Gasteiger partial charge in [0.2, 0.25) is 0 Å². The van der Waals surface area contributed by atoms with E-state index >= 15 is 0 Å². The van der Waals surface area contributed by atoms with Gasteiger partial charge in [-0.3, -0.25) is 0 Å². The van der Waals surface area contributed by atoms with Crippen LogP contribution in [0.25, 0.3) is 0 Å². The summed E-state index contributed by atoms with van der Waals surface area (Å²) in [4.78, 5) is 20.6. The summed E-state index contributed by atoms with van der Waals surface area (Å²) in [6, 6.07) is 0. The molecular weight excluding hydrogens is 162 g/mol. The van der Waals surface area contributed by atoms with Gasteiger partial charge >= 0.3 is 6.09 Å². The van der Waals surface area contributed by atoms with Crippen molar-refractivity contribution < 1.29 is 9.53 Å². The van der Waals surface area contributed by atoms with Crippen LogP contribution in [0.15, 0.2) is 5.29 Å². The molecule has 0 saturated carbocycles. The number of rotatable bonds is 4. The summed E-state index contributed by atoms with van der Waals surface area (Å²) in [5, 5.41) is 5.93. The minimum atomic E-state index is -0.555. The normalized spacial score (nSPS) is 9.33. The Bertz CT molecular complexity index is 160. The van der Waals surface area contributed by atoms with Crippen molar-refractivity contribution in [1.29, 1.82) is 0 Å². The number of carbonyl (C=O) groups is 1. The van der Waals surface area contributed by atoms with E-state index in [1.165, 1.54) is 7.05 Å². The third kappa shape index (κ3) is 5.45. The zero-order valence-corrected chi connectivity index (χ0v) is 7.40. The fourth-order valence-electron chi connectivity index (χ4n) is 0.464. The van der Waals surface area contributed by atoms with E-state index in [-0.39, 0.29) is 12.8 Å². The zero-order chi connectivity index (χ0) is 9.56. The molecule has 1 amide bonds. The summed E-state index contributed by atoms with van der Waals surface area (Å²) in [5.41, 5.74) is 0. The number of ether oxygens (including phenoxy) is 1. The lowest BCUT2D eigenvalue weighted by Gasteiger charge is -2.11. The Morgan fingerprint density at radius 1 is 1.67 bits per heavy atom. The van der Waals surface area contributed by atoms with E-state index < -0.39 is 6.09 Å². The highest BCUT2D eigenvalue weighted by atomic mass is 16.6. The maximum absolute atomic E-state index is 10.8. The standard InChI is InChI=1S/C6H13N3O3/c1-5(2)12-6(10)7-4-9(3)8-11/h5H,4H2,1-3H3,(H,7,10). The van der Waals surface area contributed by atoms with Gasteiger partial charge in [0.1, 0.15) is 6.67 Å².